The molecule has 2 fully saturated rings. The van der Waals surface area contributed by atoms with E-state index in [2.05, 4.69) is 20.7 Å². The number of esters is 1. The lowest BCUT2D eigenvalue weighted by atomic mass is 9.89. The quantitative estimate of drug-likeness (QED) is 0.387. The minimum atomic E-state index is -5.15. The van der Waals surface area contributed by atoms with Gasteiger partial charge in [-0.25, -0.2) is 13.6 Å². The van der Waals surface area contributed by atoms with Crippen molar-refractivity contribution in [3.8, 4) is 0 Å². The summed E-state index contributed by atoms with van der Waals surface area (Å²) in [6, 6.07) is 0.217. The van der Waals surface area contributed by atoms with E-state index in [0.717, 1.165) is 13.2 Å². The van der Waals surface area contributed by atoms with E-state index in [1.165, 1.54) is 0 Å². The van der Waals surface area contributed by atoms with E-state index in [1.807, 2.05) is 0 Å². The molecule has 1 aliphatic heterocycles. The van der Waals surface area contributed by atoms with Gasteiger partial charge < -0.3 is 9.64 Å². The third kappa shape index (κ3) is 4.08. The highest BCUT2D eigenvalue weighted by molar-refractivity contribution is 9.10. The fraction of sp³-hybridized carbons (Fsp3) is 0.579. The summed E-state index contributed by atoms with van der Waals surface area (Å²) in [6.45, 7) is -1.03. The smallest absolute Gasteiger partial charge is 0.416 e. The number of alkyl halides is 8. The van der Waals surface area contributed by atoms with Crippen molar-refractivity contribution in [2.45, 2.75) is 43.6 Å². The Bertz CT molecular complexity index is 926. The number of nitrogens with zero attached hydrogens (tertiary/aromatic N) is 1. The Balaban J connectivity index is 2.00. The molecule has 1 saturated carbocycles. The molecule has 1 saturated heterocycles. The summed E-state index contributed by atoms with van der Waals surface area (Å²) in [7, 11) is 0.865. The molecule has 1 unspecified atom stereocenters. The first kappa shape index (κ1) is 24.7. The van der Waals surface area contributed by atoms with Gasteiger partial charge in [0.25, 0.3) is 5.92 Å². The molecule has 1 amide bonds. The van der Waals surface area contributed by atoms with Gasteiger partial charge in [-0.1, -0.05) is 22.0 Å². The molecule has 3 rings (SSSR count). The van der Waals surface area contributed by atoms with Crippen molar-refractivity contribution in [2.75, 3.05) is 13.7 Å². The van der Waals surface area contributed by atoms with E-state index in [9.17, 15) is 35.9 Å². The summed E-state index contributed by atoms with van der Waals surface area (Å²) in [5.41, 5.74) is -5.81. The molecule has 0 radical (unpaired) electrons. The minimum Gasteiger partial charge on any atom is -0.467 e. The van der Waals surface area contributed by atoms with Gasteiger partial charge in [0, 0.05) is 22.5 Å². The molecule has 1 heterocycles. The number of hydrogen-bond donors (Lipinski definition) is 0. The molecule has 32 heavy (non-hydrogen) atoms. The molecule has 1 aliphatic carbocycles. The fourth-order valence-electron chi connectivity index (χ4n) is 3.96. The molecule has 2 aliphatic rings. The third-order valence-corrected chi connectivity index (χ3v) is 6.39. The van der Waals surface area contributed by atoms with Crippen molar-refractivity contribution >= 4 is 27.8 Å². The van der Waals surface area contributed by atoms with Gasteiger partial charge in [-0.2, -0.15) is 26.3 Å². The van der Waals surface area contributed by atoms with Gasteiger partial charge in [-0.15, -0.1) is 0 Å². The molecular weight excluding hydrogens is 522 g/mol. The van der Waals surface area contributed by atoms with Crippen LogP contribution in [0.15, 0.2) is 22.7 Å². The summed E-state index contributed by atoms with van der Waals surface area (Å²) in [4.78, 5) is 25.1. The monoisotopic (exact) mass is 537 g/mol. The van der Waals surface area contributed by atoms with Gasteiger partial charge in [0.15, 0.2) is 0 Å². The molecule has 2 atom stereocenters. The summed E-state index contributed by atoms with van der Waals surface area (Å²) >= 11 is 2.79. The third-order valence-electron chi connectivity index (χ3n) is 5.90. The second kappa shape index (κ2) is 7.84. The molecule has 0 bridgehead atoms. The average Bonchev–Trinajstić information content (AvgIpc) is 3.38. The summed E-state index contributed by atoms with van der Waals surface area (Å²) < 4.78 is 115. The fourth-order valence-corrected chi connectivity index (χ4v) is 4.32. The van der Waals surface area contributed by atoms with Crippen molar-refractivity contribution in [3.63, 3.8) is 0 Å². The predicted molar refractivity (Wildman–Crippen MR) is 96.4 cm³/mol. The summed E-state index contributed by atoms with van der Waals surface area (Å²) in [6.07, 6.45) is -12.1. The number of benzene rings is 1. The van der Waals surface area contributed by atoms with Crippen molar-refractivity contribution < 1.29 is 49.4 Å². The molecule has 13 heteroatoms. The largest absolute Gasteiger partial charge is 0.467 e. The number of hydrogen-bond acceptors (Lipinski definition) is 3. The van der Waals surface area contributed by atoms with Crippen LogP contribution in [-0.4, -0.2) is 42.6 Å². The Morgan fingerprint density at radius 1 is 1.06 bits per heavy atom. The lowest BCUT2D eigenvalue weighted by molar-refractivity contribution is -0.200. The van der Waals surface area contributed by atoms with Crippen molar-refractivity contribution in [1.82, 2.24) is 4.90 Å². The van der Waals surface area contributed by atoms with E-state index < -0.39 is 84.5 Å². The standard InChI is InChI=1S/C19H16BrF8NO3/c1-32-14(30)13-6-9(8-29(13)15(31)16(4-5-16)19(26,27)28)17(21,22)11-3-2-10(20)7-12(11)18(23,24)25/h2-3,7,9,13H,4-6,8H2,1H3/t9?,13-/m0/s1. The van der Waals surface area contributed by atoms with Gasteiger partial charge in [-0.3, -0.25) is 4.79 Å². The maximum atomic E-state index is 15.3. The topological polar surface area (TPSA) is 46.6 Å². The first-order chi connectivity index (χ1) is 14.6. The first-order valence-electron chi connectivity index (χ1n) is 9.27. The van der Waals surface area contributed by atoms with Gasteiger partial charge in [0.05, 0.1) is 12.7 Å². The molecule has 0 N–H and O–H groups in total. The highest BCUT2D eigenvalue weighted by Crippen LogP contribution is 2.60. The van der Waals surface area contributed by atoms with Gasteiger partial charge in [0.1, 0.15) is 11.5 Å². The van der Waals surface area contributed by atoms with Crippen LogP contribution in [0.4, 0.5) is 35.1 Å². The molecule has 1 aromatic carbocycles. The Morgan fingerprint density at radius 3 is 2.12 bits per heavy atom. The van der Waals surface area contributed by atoms with Crippen LogP contribution >= 0.6 is 15.9 Å². The zero-order valence-corrected chi connectivity index (χ0v) is 17.9. The lowest BCUT2D eigenvalue weighted by Crippen LogP contribution is -2.49. The van der Waals surface area contributed by atoms with E-state index in [4.69, 9.17) is 0 Å². The number of carbonyl (C=O) groups is 2. The molecule has 0 aromatic heterocycles. The Morgan fingerprint density at radius 2 is 1.66 bits per heavy atom. The maximum Gasteiger partial charge on any atom is 0.416 e. The second-order valence-corrected chi connectivity index (χ2v) is 8.74. The zero-order chi connectivity index (χ0) is 24.3. The number of halogens is 9. The van der Waals surface area contributed by atoms with Gasteiger partial charge in [0.2, 0.25) is 5.91 Å². The number of amides is 1. The number of likely N-dealkylation sites (tertiary alicyclic amines) is 1. The van der Waals surface area contributed by atoms with Crippen molar-refractivity contribution in [1.29, 1.82) is 0 Å². The SMILES string of the molecule is COC(=O)[C@@H]1CC(C(F)(F)c2ccc(Br)cc2C(F)(F)F)CN1C(=O)C1(C(F)(F)F)CC1. The number of carbonyl (C=O) groups excluding carboxylic acids is 2. The number of methoxy groups -OCH3 is 1. The molecule has 0 spiro atoms. The number of ether oxygens (including phenoxy) is 1. The van der Waals surface area contributed by atoms with E-state index in [-0.39, 0.29) is 4.47 Å². The second-order valence-electron chi connectivity index (χ2n) is 7.82. The Labute approximate surface area is 185 Å². The van der Waals surface area contributed by atoms with Crippen LogP contribution in [0, 0.1) is 11.3 Å². The molecule has 1 aromatic rings. The minimum absolute atomic E-state index is 0.110. The number of rotatable bonds is 4. The van der Waals surface area contributed by atoms with Crippen LogP contribution in [0.25, 0.3) is 0 Å². The maximum absolute atomic E-state index is 15.3. The van der Waals surface area contributed by atoms with E-state index >= 15 is 8.78 Å². The molecule has 178 valence electrons. The van der Waals surface area contributed by atoms with Crippen molar-refractivity contribution in [2.24, 2.45) is 11.3 Å². The molecular formula is C19H16BrF8NO3. The highest BCUT2D eigenvalue weighted by Gasteiger charge is 2.71. The van der Waals surface area contributed by atoms with Crippen LogP contribution < -0.4 is 0 Å². The van der Waals surface area contributed by atoms with Crippen molar-refractivity contribution in [3.05, 3.63) is 33.8 Å². The van der Waals surface area contributed by atoms with Crippen LogP contribution in [-0.2, 0) is 26.4 Å². The Kier molecular flexibility index (Phi) is 6.06. The zero-order valence-electron chi connectivity index (χ0n) is 16.3. The Hall–Kier alpha value is -1.92. The summed E-state index contributed by atoms with van der Waals surface area (Å²) in [5, 5.41) is 0. The first-order valence-corrected chi connectivity index (χ1v) is 10.1. The van der Waals surface area contributed by atoms with Crippen LogP contribution in [0.2, 0.25) is 0 Å². The highest BCUT2D eigenvalue weighted by atomic mass is 79.9. The van der Waals surface area contributed by atoms with Gasteiger partial charge in [-0.05, 0) is 31.4 Å². The van der Waals surface area contributed by atoms with E-state index in [0.29, 0.717) is 17.0 Å². The summed E-state index contributed by atoms with van der Waals surface area (Å²) in [5.74, 6) is -9.02. The normalized spacial score (nSPS) is 23.2. The van der Waals surface area contributed by atoms with Crippen LogP contribution in [0.3, 0.4) is 0 Å². The predicted octanol–water partition coefficient (Wildman–Crippen LogP) is 5.29. The average molecular weight is 538 g/mol. The van der Waals surface area contributed by atoms with E-state index in [1.54, 1.807) is 0 Å². The lowest BCUT2D eigenvalue weighted by Gasteiger charge is -2.29. The van der Waals surface area contributed by atoms with Crippen LogP contribution in [0.5, 0.6) is 0 Å². The molecule has 4 nitrogen and oxygen atoms in total. The van der Waals surface area contributed by atoms with Crippen LogP contribution in [0.1, 0.15) is 30.4 Å². The van der Waals surface area contributed by atoms with Gasteiger partial charge >= 0.3 is 18.3 Å².